The Morgan fingerprint density at radius 3 is 2.35 bits per heavy atom. The SMILES string of the molecule is CC(C)N(Cc1cc(F)cc(C(=O)O)c1)CC(F)(F)F. The third-order valence-electron chi connectivity index (χ3n) is 2.70. The number of benzene rings is 1. The van der Waals surface area contributed by atoms with Crippen molar-refractivity contribution < 1.29 is 27.5 Å². The molecule has 0 amide bonds. The van der Waals surface area contributed by atoms with Crippen LogP contribution in [-0.2, 0) is 6.54 Å². The fourth-order valence-corrected chi connectivity index (χ4v) is 1.75. The highest BCUT2D eigenvalue weighted by molar-refractivity contribution is 5.87. The summed E-state index contributed by atoms with van der Waals surface area (Å²) < 4.78 is 50.6. The summed E-state index contributed by atoms with van der Waals surface area (Å²) in [7, 11) is 0. The fraction of sp³-hybridized carbons (Fsp3) is 0.462. The molecule has 0 aliphatic heterocycles. The summed E-state index contributed by atoms with van der Waals surface area (Å²) in [5.41, 5.74) is -0.0870. The van der Waals surface area contributed by atoms with E-state index in [4.69, 9.17) is 5.11 Å². The van der Waals surface area contributed by atoms with Crippen LogP contribution in [0.5, 0.6) is 0 Å². The molecule has 1 N–H and O–H groups in total. The van der Waals surface area contributed by atoms with Crippen molar-refractivity contribution in [3.63, 3.8) is 0 Å². The first-order valence-corrected chi connectivity index (χ1v) is 5.92. The quantitative estimate of drug-likeness (QED) is 0.847. The van der Waals surface area contributed by atoms with E-state index < -0.39 is 30.5 Å². The van der Waals surface area contributed by atoms with Gasteiger partial charge in [0.2, 0.25) is 0 Å². The number of hydrogen-bond donors (Lipinski definition) is 1. The number of carboxylic acids is 1. The lowest BCUT2D eigenvalue weighted by atomic mass is 10.1. The topological polar surface area (TPSA) is 40.5 Å². The third-order valence-corrected chi connectivity index (χ3v) is 2.70. The molecule has 0 radical (unpaired) electrons. The largest absolute Gasteiger partial charge is 0.478 e. The van der Waals surface area contributed by atoms with Crippen LogP contribution < -0.4 is 0 Å². The van der Waals surface area contributed by atoms with Gasteiger partial charge in [-0.1, -0.05) is 0 Å². The lowest BCUT2D eigenvalue weighted by Gasteiger charge is -2.27. The molecule has 112 valence electrons. The van der Waals surface area contributed by atoms with Gasteiger partial charge in [-0.3, -0.25) is 4.90 Å². The van der Waals surface area contributed by atoms with Gasteiger partial charge in [0.1, 0.15) is 5.82 Å². The molecule has 1 aromatic carbocycles. The van der Waals surface area contributed by atoms with Crippen LogP contribution >= 0.6 is 0 Å². The predicted molar refractivity (Wildman–Crippen MR) is 65.0 cm³/mol. The summed E-state index contributed by atoms with van der Waals surface area (Å²) in [5, 5.41) is 8.80. The Morgan fingerprint density at radius 2 is 1.90 bits per heavy atom. The summed E-state index contributed by atoms with van der Waals surface area (Å²) in [5.74, 6) is -2.10. The molecule has 0 fully saturated rings. The minimum absolute atomic E-state index is 0.171. The van der Waals surface area contributed by atoms with E-state index in [1.165, 1.54) is 6.07 Å². The first kappa shape index (κ1) is 16.4. The van der Waals surface area contributed by atoms with Crippen LogP contribution in [0.15, 0.2) is 18.2 Å². The van der Waals surface area contributed by atoms with Gasteiger partial charge >= 0.3 is 12.1 Å². The smallest absolute Gasteiger partial charge is 0.401 e. The minimum atomic E-state index is -4.37. The molecule has 20 heavy (non-hydrogen) atoms. The molecular formula is C13H15F4NO2. The normalized spacial score (nSPS) is 12.2. The number of carboxylic acid groups (broad SMARTS) is 1. The molecule has 1 aromatic rings. The molecule has 7 heteroatoms. The molecule has 0 aliphatic carbocycles. The molecule has 0 bridgehead atoms. The van der Waals surface area contributed by atoms with E-state index in [-0.39, 0.29) is 17.7 Å². The van der Waals surface area contributed by atoms with E-state index in [1.807, 2.05) is 0 Å². The maximum Gasteiger partial charge on any atom is 0.401 e. The van der Waals surface area contributed by atoms with Gasteiger partial charge < -0.3 is 5.11 Å². The van der Waals surface area contributed by atoms with Gasteiger partial charge in [-0.25, -0.2) is 9.18 Å². The lowest BCUT2D eigenvalue weighted by Crippen LogP contribution is -2.38. The first-order chi connectivity index (χ1) is 9.08. The summed E-state index contributed by atoms with van der Waals surface area (Å²) in [6, 6.07) is 2.64. The first-order valence-electron chi connectivity index (χ1n) is 5.92. The minimum Gasteiger partial charge on any atom is -0.478 e. The van der Waals surface area contributed by atoms with Crippen molar-refractivity contribution in [3.05, 3.63) is 35.1 Å². The number of halogens is 4. The van der Waals surface area contributed by atoms with E-state index in [1.54, 1.807) is 13.8 Å². The number of hydrogen-bond acceptors (Lipinski definition) is 2. The van der Waals surface area contributed by atoms with Crippen molar-refractivity contribution in [3.8, 4) is 0 Å². The average molecular weight is 293 g/mol. The second-order valence-electron chi connectivity index (χ2n) is 4.77. The molecule has 0 spiro atoms. The van der Waals surface area contributed by atoms with Gasteiger partial charge in [0.25, 0.3) is 0 Å². The molecule has 0 saturated carbocycles. The van der Waals surface area contributed by atoms with Gasteiger partial charge in [0.15, 0.2) is 0 Å². The highest BCUT2D eigenvalue weighted by Gasteiger charge is 2.31. The maximum absolute atomic E-state index is 13.3. The summed E-state index contributed by atoms with van der Waals surface area (Å²) in [6.07, 6.45) is -4.37. The zero-order valence-electron chi connectivity index (χ0n) is 11.0. The molecule has 1 rings (SSSR count). The molecule has 3 nitrogen and oxygen atoms in total. The third kappa shape index (κ3) is 5.16. The van der Waals surface area contributed by atoms with Crippen molar-refractivity contribution >= 4 is 5.97 Å². The molecule has 0 heterocycles. The number of rotatable bonds is 5. The van der Waals surface area contributed by atoms with Gasteiger partial charge in [-0.2, -0.15) is 13.2 Å². The lowest BCUT2D eigenvalue weighted by molar-refractivity contribution is -0.150. The summed E-state index contributed by atoms with van der Waals surface area (Å²) >= 11 is 0. The van der Waals surface area contributed by atoms with Gasteiger partial charge in [-0.15, -0.1) is 0 Å². The van der Waals surface area contributed by atoms with Crippen LogP contribution in [0.1, 0.15) is 29.8 Å². The van der Waals surface area contributed by atoms with Crippen LogP contribution in [0, 0.1) is 5.82 Å². The zero-order valence-corrected chi connectivity index (χ0v) is 11.0. The van der Waals surface area contributed by atoms with E-state index in [9.17, 15) is 22.4 Å². The van der Waals surface area contributed by atoms with Gasteiger partial charge in [0, 0.05) is 12.6 Å². The Kier molecular flexibility index (Phi) is 5.10. The fourth-order valence-electron chi connectivity index (χ4n) is 1.75. The molecule has 0 aliphatic rings. The van der Waals surface area contributed by atoms with Crippen LogP contribution in [0.4, 0.5) is 17.6 Å². The van der Waals surface area contributed by atoms with Crippen LogP contribution in [0.3, 0.4) is 0 Å². The zero-order chi connectivity index (χ0) is 15.5. The van der Waals surface area contributed by atoms with E-state index >= 15 is 0 Å². The molecule has 0 aromatic heterocycles. The Morgan fingerprint density at radius 1 is 1.30 bits per heavy atom. The number of carbonyl (C=O) groups is 1. The number of aromatic carboxylic acids is 1. The van der Waals surface area contributed by atoms with Crippen molar-refractivity contribution in [1.82, 2.24) is 4.90 Å². The van der Waals surface area contributed by atoms with Crippen molar-refractivity contribution in [2.75, 3.05) is 6.54 Å². The Hall–Kier alpha value is -1.63. The van der Waals surface area contributed by atoms with Crippen LogP contribution in [-0.4, -0.2) is 34.7 Å². The van der Waals surface area contributed by atoms with E-state index in [0.29, 0.717) is 0 Å². The Bertz CT molecular complexity index is 486. The number of alkyl halides is 3. The maximum atomic E-state index is 13.3. The van der Waals surface area contributed by atoms with E-state index in [0.717, 1.165) is 17.0 Å². The van der Waals surface area contributed by atoms with E-state index in [2.05, 4.69) is 0 Å². The molecular weight excluding hydrogens is 278 g/mol. The second-order valence-corrected chi connectivity index (χ2v) is 4.77. The summed E-state index contributed by atoms with van der Waals surface area (Å²) in [6.45, 7) is 1.87. The highest BCUT2D eigenvalue weighted by atomic mass is 19.4. The molecule has 0 saturated heterocycles. The van der Waals surface area contributed by atoms with Gasteiger partial charge in [-0.05, 0) is 37.6 Å². The summed E-state index contributed by atoms with van der Waals surface area (Å²) in [4.78, 5) is 11.9. The molecule has 0 atom stereocenters. The van der Waals surface area contributed by atoms with Crippen molar-refractivity contribution in [1.29, 1.82) is 0 Å². The Labute approximate surface area is 113 Å². The van der Waals surface area contributed by atoms with Crippen LogP contribution in [0.25, 0.3) is 0 Å². The molecule has 0 unspecified atom stereocenters. The second kappa shape index (κ2) is 6.21. The van der Waals surface area contributed by atoms with Crippen LogP contribution in [0.2, 0.25) is 0 Å². The van der Waals surface area contributed by atoms with Crippen molar-refractivity contribution in [2.45, 2.75) is 32.6 Å². The Balaban J connectivity index is 2.96. The number of nitrogens with zero attached hydrogens (tertiary/aromatic N) is 1. The standard InChI is InChI=1S/C13H15F4NO2/c1-8(2)18(7-13(15,16)17)6-9-3-10(12(19)20)5-11(14)4-9/h3-5,8H,6-7H2,1-2H3,(H,19,20). The highest BCUT2D eigenvalue weighted by Crippen LogP contribution is 2.20. The predicted octanol–water partition coefficient (Wildman–Crippen LogP) is 3.30. The van der Waals surface area contributed by atoms with Crippen molar-refractivity contribution in [2.24, 2.45) is 0 Å². The average Bonchev–Trinajstić information content (AvgIpc) is 2.25. The van der Waals surface area contributed by atoms with Gasteiger partial charge in [0.05, 0.1) is 12.1 Å². The monoisotopic (exact) mass is 293 g/mol.